The first-order valence-corrected chi connectivity index (χ1v) is 21.3. The number of aromatic carboxylic acids is 1. The van der Waals surface area contributed by atoms with Gasteiger partial charge in [-0.3, -0.25) is 9.59 Å². The van der Waals surface area contributed by atoms with Gasteiger partial charge in [-0.25, -0.2) is 16.8 Å². The number of benzene rings is 7. The van der Waals surface area contributed by atoms with Crippen molar-refractivity contribution in [3.8, 4) is 11.5 Å². The van der Waals surface area contributed by atoms with Gasteiger partial charge in [-0.1, -0.05) is 24.3 Å². The quantitative estimate of drug-likeness (QED) is 0.0411. The second-order valence-corrected chi connectivity index (χ2v) is 16.8. The van der Waals surface area contributed by atoms with E-state index < -0.39 is 70.7 Å². The number of carboxylic acids is 1. The standard InChI is InChI=1S/C43H33N7O12S2.3Na/c1-21-7-8-24(18-32(21)44)42(54)46-28-11-13-29-26(17-28)19-35(63(57,58)59)37(39(29)51)49-47-33-14-9-23(15-22(33)2)41(53)45-27-10-12-30-25(16-27)20-36(64(60,61)62)38(40(30)52)50-48-34-6-4-3-5-31(34)43(55)56;;;/h3-20,51-52H,44H2,1-2H3,(H,45,53)(H,46,54)(H,55,56)(H,57,58,59)(H,60,61,62);;;/q;3*+1/p-3. The Kier molecular flexibility index (Phi) is 17.8. The van der Waals surface area contributed by atoms with Gasteiger partial charge in [-0.2, -0.15) is 5.11 Å². The first kappa shape index (κ1) is 54.5. The van der Waals surface area contributed by atoms with E-state index in [2.05, 4.69) is 31.1 Å². The number of aromatic hydroxyl groups is 2. The molecule has 7 aromatic rings. The van der Waals surface area contributed by atoms with Gasteiger partial charge in [0.05, 0.1) is 27.1 Å². The van der Waals surface area contributed by atoms with Crippen molar-refractivity contribution in [2.24, 2.45) is 20.5 Å². The number of nitrogen functional groups attached to an aromatic ring is 1. The number of hydrogen-bond acceptors (Lipinski definition) is 17. The van der Waals surface area contributed by atoms with Crippen LogP contribution < -0.4 is 110 Å². The van der Waals surface area contributed by atoms with Crippen molar-refractivity contribution >= 4 is 99.4 Å². The van der Waals surface area contributed by atoms with Gasteiger partial charge in [0.2, 0.25) is 0 Å². The molecule has 24 heteroatoms. The first-order valence-electron chi connectivity index (χ1n) is 18.4. The van der Waals surface area contributed by atoms with Crippen LogP contribution in [0.5, 0.6) is 11.5 Å². The molecule has 0 saturated heterocycles. The van der Waals surface area contributed by atoms with Crippen LogP contribution in [0.2, 0.25) is 0 Å². The molecule has 0 aliphatic rings. The summed E-state index contributed by atoms with van der Waals surface area (Å²) in [7, 11) is -10.5. The first-order chi connectivity index (χ1) is 30.2. The summed E-state index contributed by atoms with van der Waals surface area (Å²) in [5.74, 6) is -4.23. The Morgan fingerprint density at radius 2 is 1.03 bits per heavy atom. The van der Waals surface area contributed by atoms with Crippen molar-refractivity contribution in [2.45, 2.75) is 23.6 Å². The number of anilines is 3. The van der Waals surface area contributed by atoms with Crippen LogP contribution >= 0.6 is 0 Å². The van der Waals surface area contributed by atoms with Crippen LogP contribution in [0.3, 0.4) is 0 Å². The Hall–Kier alpha value is -5.11. The SMILES string of the molecule is Cc1ccc(C(=O)Nc2ccc3c(O)c(N=Nc4ccc(C(=O)Nc5ccc6c(O)c(N=Nc7ccccc7C(=O)[O-])c(S(=O)(=O)[O-])cc6c5)cc4C)c(S(=O)(=O)[O-])cc3c2)cc1N.[Na+].[Na+].[Na+]. The van der Waals surface area contributed by atoms with Crippen LogP contribution in [-0.4, -0.2) is 53.9 Å². The predicted octanol–water partition coefficient (Wildman–Crippen LogP) is -1.88. The zero-order chi connectivity index (χ0) is 46.2. The molecule has 0 saturated carbocycles. The molecule has 2 amide bonds. The summed E-state index contributed by atoms with van der Waals surface area (Å²) in [5, 5.41) is 54.5. The number of aryl methyl sites for hydroxylation is 2. The molecule has 0 spiro atoms. The predicted molar refractivity (Wildman–Crippen MR) is 229 cm³/mol. The van der Waals surface area contributed by atoms with Crippen molar-refractivity contribution < 1.29 is 144 Å². The van der Waals surface area contributed by atoms with E-state index in [1.54, 1.807) is 26.0 Å². The smallest absolute Gasteiger partial charge is 0.744 e. The monoisotopic (exact) mass is 969 g/mol. The largest absolute Gasteiger partial charge is 1.00 e. The molecule has 0 aliphatic carbocycles. The van der Waals surface area contributed by atoms with Crippen molar-refractivity contribution in [2.75, 3.05) is 16.4 Å². The molecule has 67 heavy (non-hydrogen) atoms. The molecule has 19 nitrogen and oxygen atoms in total. The van der Waals surface area contributed by atoms with E-state index in [1.807, 2.05) is 0 Å². The van der Waals surface area contributed by atoms with Crippen LogP contribution in [0.25, 0.3) is 21.5 Å². The maximum absolute atomic E-state index is 13.3. The number of phenolic OH excluding ortho intramolecular Hbond substituents is 2. The van der Waals surface area contributed by atoms with Crippen molar-refractivity contribution in [3.63, 3.8) is 0 Å². The maximum atomic E-state index is 13.3. The van der Waals surface area contributed by atoms with Gasteiger partial charge in [-0.15, -0.1) is 15.3 Å². The van der Waals surface area contributed by atoms with Crippen molar-refractivity contribution in [1.29, 1.82) is 0 Å². The molecule has 0 atom stereocenters. The molecule has 0 heterocycles. The van der Waals surface area contributed by atoms with Crippen LogP contribution in [-0.2, 0) is 20.2 Å². The number of hydrogen-bond donors (Lipinski definition) is 5. The van der Waals surface area contributed by atoms with E-state index in [0.717, 1.165) is 17.7 Å². The molecule has 0 radical (unpaired) electrons. The maximum Gasteiger partial charge on any atom is 1.00 e. The number of rotatable bonds is 11. The van der Waals surface area contributed by atoms with Gasteiger partial charge in [0.25, 0.3) is 11.8 Å². The third kappa shape index (κ3) is 12.1. The van der Waals surface area contributed by atoms with Crippen LogP contribution in [0, 0.1) is 13.8 Å². The zero-order valence-electron chi connectivity index (χ0n) is 36.1. The number of azo groups is 2. The summed E-state index contributed by atoms with van der Waals surface area (Å²) in [5.41, 5.74) is 6.22. The summed E-state index contributed by atoms with van der Waals surface area (Å²) >= 11 is 0. The normalized spacial score (nSPS) is 11.5. The third-order valence-electron chi connectivity index (χ3n) is 9.80. The number of carbonyl (C=O) groups excluding carboxylic acids is 3. The average Bonchev–Trinajstić information content (AvgIpc) is 3.23. The molecule has 0 unspecified atom stereocenters. The number of fused-ring (bicyclic) bond motifs is 2. The van der Waals surface area contributed by atoms with Gasteiger partial charge in [0, 0.05) is 44.5 Å². The summed E-state index contributed by atoms with van der Waals surface area (Å²) in [4.78, 5) is 35.8. The van der Waals surface area contributed by atoms with E-state index in [0.29, 0.717) is 11.3 Å². The van der Waals surface area contributed by atoms with Gasteiger partial charge < -0.3 is 45.6 Å². The number of amides is 2. The van der Waals surface area contributed by atoms with Gasteiger partial charge >= 0.3 is 88.7 Å². The number of nitrogens with two attached hydrogens (primary N) is 1. The second kappa shape index (κ2) is 21.9. The van der Waals surface area contributed by atoms with Crippen molar-refractivity contribution in [3.05, 3.63) is 137 Å². The summed E-state index contributed by atoms with van der Waals surface area (Å²) in [6, 6.07) is 24.1. The summed E-state index contributed by atoms with van der Waals surface area (Å²) in [6.07, 6.45) is 0. The fourth-order valence-electron chi connectivity index (χ4n) is 6.47. The molecule has 324 valence electrons. The van der Waals surface area contributed by atoms with Crippen LogP contribution in [0.1, 0.15) is 42.2 Å². The topological polar surface area (TPSA) is 329 Å². The molecular weight excluding hydrogens is 940 g/mol. The van der Waals surface area contributed by atoms with E-state index in [-0.39, 0.29) is 150 Å². The number of carboxylic acid groups (broad SMARTS) is 1. The minimum absolute atomic E-state index is 0. The second-order valence-electron chi connectivity index (χ2n) is 14.1. The number of phenols is 2. The Labute approximate surface area is 448 Å². The molecule has 6 N–H and O–H groups in total. The van der Waals surface area contributed by atoms with E-state index in [9.17, 15) is 55.6 Å². The Morgan fingerprint density at radius 1 is 0.567 bits per heavy atom. The third-order valence-corrected chi connectivity index (χ3v) is 11.5. The summed E-state index contributed by atoms with van der Waals surface area (Å²) in [6.45, 7) is 3.33. The molecule has 7 aromatic carbocycles. The average molecular weight is 970 g/mol. The molecule has 0 fully saturated rings. The zero-order valence-corrected chi connectivity index (χ0v) is 43.7. The van der Waals surface area contributed by atoms with Gasteiger partial charge in [0.1, 0.15) is 31.6 Å². The van der Waals surface area contributed by atoms with Crippen molar-refractivity contribution in [1.82, 2.24) is 0 Å². The minimum atomic E-state index is -5.30. The molecule has 0 aliphatic heterocycles. The van der Waals surface area contributed by atoms with E-state index in [4.69, 9.17) is 5.73 Å². The Balaban J connectivity index is 0.00000327. The molecule has 0 bridgehead atoms. The molecule has 7 rings (SSSR count). The summed E-state index contributed by atoms with van der Waals surface area (Å²) < 4.78 is 74.0. The molecular formula is C43H30N7Na3O12S2. The van der Waals surface area contributed by atoms with Crippen LogP contribution in [0.4, 0.5) is 39.8 Å². The van der Waals surface area contributed by atoms with Gasteiger partial charge in [-0.05, 0) is 121 Å². The van der Waals surface area contributed by atoms with E-state index >= 15 is 0 Å². The Morgan fingerprint density at radius 3 is 1.49 bits per heavy atom. The number of nitrogens with one attached hydrogen (secondary N) is 2. The van der Waals surface area contributed by atoms with Crippen LogP contribution in [0.15, 0.2) is 139 Å². The van der Waals surface area contributed by atoms with E-state index in [1.165, 1.54) is 84.9 Å². The molecule has 0 aromatic heterocycles. The van der Waals surface area contributed by atoms with Gasteiger partial charge in [0.15, 0.2) is 11.5 Å². The fourth-order valence-corrected chi connectivity index (χ4v) is 7.76. The Bertz CT molecular complexity index is 3450. The number of nitrogens with zero attached hydrogens (tertiary/aromatic N) is 4. The minimum Gasteiger partial charge on any atom is -0.744 e. The fraction of sp³-hybridized carbons (Fsp3) is 0.0465. The number of carbonyl (C=O) groups is 3.